The maximum absolute atomic E-state index is 12.8. The van der Waals surface area contributed by atoms with Crippen molar-refractivity contribution < 1.29 is 22.6 Å². The van der Waals surface area contributed by atoms with Crippen LogP contribution in [0.1, 0.15) is 5.56 Å². The molecule has 2 rings (SSSR count). The predicted octanol–water partition coefficient (Wildman–Crippen LogP) is 3.48. The van der Waals surface area contributed by atoms with E-state index in [1.165, 1.54) is 37.6 Å². The molecule has 7 heteroatoms. The van der Waals surface area contributed by atoms with Crippen molar-refractivity contribution in [2.45, 2.75) is 6.18 Å². The quantitative estimate of drug-likeness (QED) is 0.877. The molecule has 2 aromatic rings. The highest BCUT2D eigenvalue weighted by Gasteiger charge is 2.35. The minimum absolute atomic E-state index is 0.0787. The van der Waals surface area contributed by atoms with Crippen LogP contribution in [0.2, 0.25) is 0 Å². The Hall–Kier alpha value is -2.44. The van der Waals surface area contributed by atoms with E-state index < -0.39 is 17.6 Å². The second-order valence-corrected chi connectivity index (χ2v) is 3.86. The fourth-order valence-electron chi connectivity index (χ4n) is 1.54. The Bertz CT molecular complexity index is 615. The first-order chi connectivity index (χ1) is 9.41. The number of methoxy groups -OCH3 is 1. The van der Waals surface area contributed by atoms with Gasteiger partial charge in [0, 0.05) is 12.3 Å². The summed E-state index contributed by atoms with van der Waals surface area (Å²) in [5.41, 5.74) is 4.88. The van der Waals surface area contributed by atoms with Crippen molar-refractivity contribution in [1.82, 2.24) is 4.98 Å². The number of nitrogen functional groups attached to an aromatic ring is 1. The highest BCUT2D eigenvalue weighted by molar-refractivity contribution is 5.57. The van der Waals surface area contributed by atoms with Crippen LogP contribution in [0.25, 0.3) is 0 Å². The van der Waals surface area contributed by atoms with E-state index in [0.29, 0.717) is 5.75 Å². The number of aromatic nitrogens is 1. The molecule has 1 heterocycles. The highest BCUT2D eigenvalue weighted by Crippen LogP contribution is 2.38. The van der Waals surface area contributed by atoms with Crippen molar-refractivity contribution in [2.75, 3.05) is 12.8 Å². The average Bonchev–Trinajstić information content (AvgIpc) is 2.40. The summed E-state index contributed by atoms with van der Waals surface area (Å²) in [6, 6.07) is 6.48. The molecule has 2 N–H and O–H groups in total. The summed E-state index contributed by atoms with van der Waals surface area (Å²) in [7, 11) is 1.45. The molecule has 1 aromatic carbocycles. The molecule has 1 aromatic heterocycles. The molecule has 0 saturated carbocycles. The molecule has 106 valence electrons. The molecule has 0 radical (unpaired) electrons. The molecule has 0 aliphatic rings. The van der Waals surface area contributed by atoms with Gasteiger partial charge in [0.2, 0.25) is 5.88 Å². The van der Waals surface area contributed by atoms with E-state index in [-0.39, 0.29) is 11.4 Å². The lowest BCUT2D eigenvalue weighted by Crippen LogP contribution is -2.08. The lowest BCUT2D eigenvalue weighted by atomic mass is 10.2. The fraction of sp³-hybridized carbons (Fsp3) is 0.154. The first-order valence-electron chi connectivity index (χ1n) is 5.55. The van der Waals surface area contributed by atoms with Crippen LogP contribution in [-0.4, -0.2) is 12.1 Å². The largest absolute Gasteiger partial charge is 0.497 e. The van der Waals surface area contributed by atoms with Gasteiger partial charge in [0.15, 0.2) is 5.75 Å². The summed E-state index contributed by atoms with van der Waals surface area (Å²) in [6.45, 7) is 0. The number of pyridine rings is 1. The number of hydrogen-bond acceptors (Lipinski definition) is 4. The molecule has 0 atom stereocenters. The molecular formula is C13H11F3N2O2. The van der Waals surface area contributed by atoms with Gasteiger partial charge >= 0.3 is 6.18 Å². The van der Waals surface area contributed by atoms with Crippen molar-refractivity contribution in [3.8, 4) is 17.4 Å². The van der Waals surface area contributed by atoms with Crippen LogP contribution in [0.5, 0.6) is 17.4 Å². The molecule has 0 saturated heterocycles. The number of nitrogens with zero attached hydrogens (tertiary/aromatic N) is 1. The Morgan fingerprint density at radius 2 is 1.95 bits per heavy atom. The Morgan fingerprint density at radius 1 is 1.20 bits per heavy atom. The maximum Gasteiger partial charge on any atom is 0.421 e. The number of hydrogen-bond donors (Lipinski definition) is 1. The van der Waals surface area contributed by atoms with Gasteiger partial charge in [-0.3, -0.25) is 0 Å². The van der Waals surface area contributed by atoms with Crippen molar-refractivity contribution in [3.05, 3.63) is 42.1 Å². The van der Waals surface area contributed by atoms with E-state index in [1.807, 2.05) is 0 Å². The Balaban J connectivity index is 2.36. The summed E-state index contributed by atoms with van der Waals surface area (Å²) < 4.78 is 48.5. The fourth-order valence-corrected chi connectivity index (χ4v) is 1.54. The van der Waals surface area contributed by atoms with Crippen molar-refractivity contribution in [3.63, 3.8) is 0 Å². The third kappa shape index (κ3) is 2.93. The summed E-state index contributed by atoms with van der Waals surface area (Å²) in [6.07, 6.45) is -3.34. The zero-order valence-corrected chi connectivity index (χ0v) is 10.4. The number of nitrogens with two attached hydrogens (primary N) is 1. The van der Waals surface area contributed by atoms with Gasteiger partial charge in [-0.15, -0.1) is 0 Å². The molecule has 0 aliphatic heterocycles. The Labute approximate surface area is 113 Å². The third-order valence-electron chi connectivity index (χ3n) is 2.50. The molecule has 0 amide bonds. The van der Waals surface area contributed by atoms with Gasteiger partial charge in [0.05, 0.1) is 12.8 Å². The first kappa shape index (κ1) is 14.0. The second-order valence-electron chi connectivity index (χ2n) is 3.86. The number of benzene rings is 1. The Kier molecular flexibility index (Phi) is 3.69. The van der Waals surface area contributed by atoms with Crippen molar-refractivity contribution in [1.29, 1.82) is 0 Å². The molecule has 0 bridgehead atoms. The van der Waals surface area contributed by atoms with Crippen LogP contribution in [0.4, 0.5) is 18.9 Å². The summed E-state index contributed by atoms with van der Waals surface area (Å²) in [5.74, 6) is 0.0128. The Morgan fingerprint density at radius 3 is 2.55 bits per heavy atom. The van der Waals surface area contributed by atoms with E-state index >= 15 is 0 Å². The molecule has 0 aliphatic carbocycles. The lowest BCUT2D eigenvalue weighted by Gasteiger charge is -2.13. The first-order valence-corrected chi connectivity index (χ1v) is 5.55. The van der Waals surface area contributed by atoms with E-state index in [1.54, 1.807) is 0 Å². The monoisotopic (exact) mass is 284 g/mol. The summed E-state index contributed by atoms with van der Waals surface area (Å²) in [5, 5.41) is 0. The van der Waals surface area contributed by atoms with Gasteiger partial charge in [-0.05, 0) is 24.3 Å². The van der Waals surface area contributed by atoms with E-state index in [0.717, 1.165) is 6.07 Å². The minimum Gasteiger partial charge on any atom is -0.497 e. The molecule has 0 spiro atoms. The van der Waals surface area contributed by atoms with Gasteiger partial charge in [-0.2, -0.15) is 13.2 Å². The highest BCUT2D eigenvalue weighted by atomic mass is 19.4. The second kappa shape index (κ2) is 5.28. The van der Waals surface area contributed by atoms with Crippen LogP contribution in [-0.2, 0) is 6.18 Å². The zero-order valence-electron chi connectivity index (χ0n) is 10.4. The van der Waals surface area contributed by atoms with Gasteiger partial charge in [-0.1, -0.05) is 0 Å². The topological polar surface area (TPSA) is 57.4 Å². The summed E-state index contributed by atoms with van der Waals surface area (Å²) in [4.78, 5) is 3.60. The molecular weight excluding hydrogens is 273 g/mol. The zero-order chi connectivity index (χ0) is 14.8. The maximum atomic E-state index is 12.8. The number of halogens is 3. The molecule has 0 fully saturated rings. The average molecular weight is 284 g/mol. The van der Waals surface area contributed by atoms with E-state index in [9.17, 15) is 13.2 Å². The van der Waals surface area contributed by atoms with Gasteiger partial charge in [0.25, 0.3) is 0 Å². The van der Waals surface area contributed by atoms with Crippen LogP contribution in [0, 0.1) is 0 Å². The molecule has 0 unspecified atom stereocenters. The van der Waals surface area contributed by atoms with Crippen LogP contribution in [0.3, 0.4) is 0 Å². The third-order valence-corrected chi connectivity index (χ3v) is 2.50. The number of alkyl halides is 3. The van der Waals surface area contributed by atoms with Crippen LogP contribution >= 0.6 is 0 Å². The van der Waals surface area contributed by atoms with Gasteiger partial charge in [0.1, 0.15) is 11.3 Å². The number of rotatable bonds is 3. The smallest absolute Gasteiger partial charge is 0.421 e. The van der Waals surface area contributed by atoms with Gasteiger partial charge < -0.3 is 15.2 Å². The van der Waals surface area contributed by atoms with Crippen LogP contribution < -0.4 is 15.2 Å². The SMILES string of the molecule is COc1ccc(Oc2ncccc2C(F)(F)F)c(N)c1. The predicted molar refractivity (Wildman–Crippen MR) is 66.7 cm³/mol. The van der Waals surface area contributed by atoms with Gasteiger partial charge in [-0.25, -0.2) is 4.98 Å². The molecule has 4 nitrogen and oxygen atoms in total. The number of anilines is 1. The lowest BCUT2D eigenvalue weighted by molar-refractivity contribution is -0.138. The van der Waals surface area contributed by atoms with Crippen molar-refractivity contribution in [2.24, 2.45) is 0 Å². The van der Waals surface area contributed by atoms with Crippen LogP contribution in [0.15, 0.2) is 36.5 Å². The normalized spacial score (nSPS) is 11.2. The van der Waals surface area contributed by atoms with E-state index in [4.69, 9.17) is 15.2 Å². The van der Waals surface area contributed by atoms with E-state index in [2.05, 4.69) is 4.98 Å². The number of ether oxygens (including phenoxy) is 2. The minimum atomic E-state index is -4.55. The summed E-state index contributed by atoms with van der Waals surface area (Å²) >= 11 is 0. The van der Waals surface area contributed by atoms with Crippen molar-refractivity contribution >= 4 is 5.69 Å². The standard InChI is InChI=1S/C13H11F3N2O2/c1-19-8-4-5-11(10(17)7-8)20-12-9(13(14,15)16)3-2-6-18-12/h2-7H,17H2,1H3. The molecule has 20 heavy (non-hydrogen) atoms.